The van der Waals surface area contributed by atoms with Gasteiger partial charge in [-0.2, -0.15) is 0 Å². The normalized spacial score (nSPS) is 14.7. The molecule has 1 aliphatic rings. The molecule has 3 rings (SSSR count). The lowest BCUT2D eigenvalue weighted by Crippen LogP contribution is -2.30. The van der Waals surface area contributed by atoms with E-state index >= 15 is 0 Å². The molecule has 0 atom stereocenters. The Hall–Kier alpha value is -3.04. The van der Waals surface area contributed by atoms with Gasteiger partial charge in [0.15, 0.2) is 11.5 Å². The number of carbonyl (C=O) groups is 2. The second kappa shape index (κ2) is 11.0. The number of thiocarbonyl (C=S) groups is 1. The summed E-state index contributed by atoms with van der Waals surface area (Å²) in [6, 6.07) is 12.8. The molecular formula is C23H23NO6S2. The standard InChI is InChI=1S/C23H23NO6S2/c1-28-18-8-5-16(13-19(18)29-2)9-11-24-22(27)20(32-23(24)31)14-15-3-6-17(7-4-15)30-12-10-21(25)26/h3-8,13-14H,9-12H2,1-2H3,(H,25,26)/b20-14+. The van der Waals surface area contributed by atoms with Crippen molar-refractivity contribution in [1.82, 2.24) is 4.90 Å². The molecule has 1 N–H and O–H groups in total. The van der Waals surface area contributed by atoms with Gasteiger partial charge in [0.25, 0.3) is 5.91 Å². The first-order valence-electron chi connectivity index (χ1n) is 9.82. The van der Waals surface area contributed by atoms with E-state index in [4.69, 9.17) is 31.5 Å². The van der Waals surface area contributed by atoms with E-state index in [0.29, 0.717) is 39.4 Å². The van der Waals surface area contributed by atoms with E-state index in [1.54, 1.807) is 37.3 Å². The van der Waals surface area contributed by atoms with Gasteiger partial charge in [0.1, 0.15) is 10.1 Å². The van der Waals surface area contributed by atoms with Crippen molar-refractivity contribution in [3.63, 3.8) is 0 Å². The maximum absolute atomic E-state index is 12.9. The number of amides is 1. The lowest BCUT2D eigenvalue weighted by atomic mass is 10.1. The van der Waals surface area contributed by atoms with E-state index in [2.05, 4.69) is 0 Å². The van der Waals surface area contributed by atoms with Gasteiger partial charge in [-0.05, 0) is 47.9 Å². The number of aliphatic carboxylic acids is 1. The zero-order chi connectivity index (χ0) is 23.1. The van der Waals surface area contributed by atoms with Crippen molar-refractivity contribution >= 4 is 46.3 Å². The minimum atomic E-state index is -0.908. The fraction of sp³-hybridized carbons (Fsp3) is 0.261. The van der Waals surface area contributed by atoms with Gasteiger partial charge in [-0.1, -0.05) is 42.2 Å². The fourth-order valence-corrected chi connectivity index (χ4v) is 4.35. The number of thioether (sulfide) groups is 1. The van der Waals surface area contributed by atoms with E-state index in [0.717, 1.165) is 11.1 Å². The number of carboxylic acid groups (broad SMARTS) is 1. The summed E-state index contributed by atoms with van der Waals surface area (Å²) in [5, 5.41) is 8.66. The van der Waals surface area contributed by atoms with E-state index in [9.17, 15) is 9.59 Å². The lowest BCUT2D eigenvalue weighted by molar-refractivity contribution is -0.137. The maximum atomic E-state index is 12.9. The number of carboxylic acids is 1. The largest absolute Gasteiger partial charge is 0.493 e. The summed E-state index contributed by atoms with van der Waals surface area (Å²) < 4.78 is 16.5. The van der Waals surface area contributed by atoms with Gasteiger partial charge in [0.05, 0.1) is 32.2 Å². The molecule has 0 saturated carbocycles. The van der Waals surface area contributed by atoms with Crippen molar-refractivity contribution in [2.24, 2.45) is 0 Å². The Morgan fingerprint density at radius 1 is 1.12 bits per heavy atom. The molecule has 1 amide bonds. The quantitative estimate of drug-likeness (QED) is 0.409. The molecule has 0 unspecified atom stereocenters. The predicted molar refractivity (Wildman–Crippen MR) is 127 cm³/mol. The van der Waals surface area contributed by atoms with Crippen LogP contribution in [0, 0.1) is 0 Å². The van der Waals surface area contributed by atoms with Gasteiger partial charge in [0, 0.05) is 6.54 Å². The third kappa shape index (κ3) is 6.02. The molecule has 1 heterocycles. The molecule has 1 aliphatic heterocycles. The van der Waals surface area contributed by atoms with Gasteiger partial charge in [-0.25, -0.2) is 0 Å². The molecule has 0 spiro atoms. The van der Waals surface area contributed by atoms with E-state index in [1.807, 2.05) is 30.3 Å². The highest BCUT2D eigenvalue weighted by Gasteiger charge is 2.31. The summed E-state index contributed by atoms with van der Waals surface area (Å²) in [4.78, 5) is 25.6. The number of carbonyl (C=O) groups excluding carboxylic acids is 1. The van der Waals surface area contributed by atoms with E-state index in [-0.39, 0.29) is 18.9 Å². The van der Waals surface area contributed by atoms with Crippen LogP contribution in [-0.4, -0.2) is 53.6 Å². The van der Waals surface area contributed by atoms with Crippen LogP contribution in [-0.2, 0) is 16.0 Å². The minimum Gasteiger partial charge on any atom is -0.493 e. The number of rotatable bonds is 10. The van der Waals surface area contributed by atoms with Crippen LogP contribution in [0.15, 0.2) is 47.4 Å². The first kappa shape index (κ1) is 23.6. The van der Waals surface area contributed by atoms with Crippen molar-refractivity contribution < 1.29 is 28.9 Å². The molecule has 9 heteroatoms. The number of nitrogens with zero attached hydrogens (tertiary/aromatic N) is 1. The molecule has 32 heavy (non-hydrogen) atoms. The maximum Gasteiger partial charge on any atom is 0.306 e. The fourth-order valence-electron chi connectivity index (χ4n) is 3.04. The predicted octanol–water partition coefficient (Wildman–Crippen LogP) is 4.00. The highest BCUT2D eigenvalue weighted by molar-refractivity contribution is 8.26. The van der Waals surface area contributed by atoms with Gasteiger partial charge in [-0.3, -0.25) is 14.5 Å². The van der Waals surface area contributed by atoms with Crippen LogP contribution in [0.3, 0.4) is 0 Å². The second-order valence-corrected chi connectivity index (χ2v) is 8.51. The monoisotopic (exact) mass is 473 g/mol. The first-order chi connectivity index (χ1) is 15.4. The van der Waals surface area contributed by atoms with Gasteiger partial charge in [0.2, 0.25) is 0 Å². The van der Waals surface area contributed by atoms with Crippen LogP contribution in [0.25, 0.3) is 6.08 Å². The molecule has 0 aliphatic carbocycles. The molecule has 0 aromatic heterocycles. The minimum absolute atomic E-state index is 0.0620. The van der Waals surface area contributed by atoms with Crippen LogP contribution < -0.4 is 14.2 Å². The van der Waals surface area contributed by atoms with Crippen molar-refractivity contribution in [1.29, 1.82) is 0 Å². The summed E-state index contributed by atoms with van der Waals surface area (Å²) in [5.74, 6) is 0.844. The lowest BCUT2D eigenvalue weighted by Gasteiger charge is -2.15. The van der Waals surface area contributed by atoms with Crippen molar-refractivity contribution in [3.8, 4) is 17.2 Å². The second-order valence-electron chi connectivity index (χ2n) is 6.83. The number of hydrogen-bond donors (Lipinski definition) is 1. The van der Waals surface area contributed by atoms with Gasteiger partial charge in [-0.15, -0.1) is 0 Å². The summed E-state index contributed by atoms with van der Waals surface area (Å²) >= 11 is 6.69. The van der Waals surface area contributed by atoms with Crippen LogP contribution in [0.5, 0.6) is 17.2 Å². The first-order valence-corrected chi connectivity index (χ1v) is 11.0. The van der Waals surface area contributed by atoms with Crippen molar-refractivity contribution in [2.45, 2.75) is 12.8 Å². The summed E-state index contributed by atoms with van der Waals surface area (Å²) in [6.45, 7) is 0.571. The zero-order valence-corrected chi connectivity index (χ0v) is 19.3. The van der Waals surface area contributed by atoms with Crippen LogP contribution in [0.2, 0.25) is 0 Å². The molecule has 2 aromatic carbocycles. The van der Waals surface area contributed by atoms with Crippen molar-refractivity contribution in [2.75, 3.05) is 27.4 Å². The van der Waals surface area contributed by atoms with Crippen LogP contribution in [0.1, 0.15) is 17.5 Å². The zero-order valence-electron chi connectivity index (χ0n) is 17.7. The average molecular weight is 474 g/mol. The molecule has 1 fully saturated rings. The highest BCUT2D eigenvalue weighted by Crippen LogP contribution is 2.33. The molecule has 1 saturated heterocycles. The third-order valence-corrected chi connectivity index (χ3v) is 6.09. The Bertz CT molecular complexity index is 1040. The summed E-state index contributed by atoms with van der Waals surface area (Å²) in [5.41, 5.74) is 1.84. The van der Waals surface area contributed by atoms with Crippen LogP contribution >= 0.6 is 24.0 Å². The molecule has 2 aromatic rings. The summed E-state index contributed by atoms with van der Waals surface area (Å²) in [6.07, 6.45) is 2.35. The number of methoxy groups -OCH3 is 2. The highest BCUT2D eigenvalue weighted by atomic mass is 32.2. The van der Waals surface area contributed by atoms with Gasteiger partial charge < -0.3 is 19.3 Å². The van der Waals surface area contributed by atoms with Crippen molar-refractivity contribution in [3.05, 3.63) is 58.5 Å². The Morgan fingerprint density at radius 3 is 2.50 bits per heavy atom. The molecule has 168 valence electrons. The molecule has 0 radical (unpaired) electrons. The van der Waals surface area contributed by atoms with Crippen LogP contribution in [0.4, 0.5) is 0 Å². The molecule has 7 nitrogen and oxygen atoms in total. The molecule has 0 bridgehead atoms. The smallest absolute Gasteiger partial charge is 0.306 e. The Balaban J connectivity index is 1.61. The Morgan fingerprint density at radius 2 is 1.84 bits per heavy atom. The Kier molecular flexibility index (Phi) is 8.13. The third-order valence-electron chi connectivity index (χ3n) is 4.71. The number of ether oxygens (including phenoxy) is 3. The number of benzene rings is 2. The van der Waals surface area contributed by atoms with E-state index < -0.39 is 5.97 Å². The van der Waals surface area contributed by atoms with E-state index in [1.165, 1.54) is 11.8 Å². The van der Waals surface area contributed by atoms with Gasteiger partial charge >= 0.3 is 5.97 Å². The SMILES string of the molecule is COc1ccc(CCN2C(=O)/C(=C\c3ccc(OCCC(=O)O)cc3)SC2=S)cc1OC. The topological polar surface area (TPSA) is 85.3 Å². The molecular weight excluding hydrogens is 450 g/mol. The number of hydrogen-bond acceptors (Lipinski definition) is 7. The summed E-state index contributed by atoms with van der Waals surface area (Å²) in [7, 11) is 3.17. The Labute approximate surface area is 196 Å². The average Bonchev–Trinajstić information content (AvgIpc) is 3.05.